The maximum atomic E-state index is 4.78. The molecule has 0 radical (unpaired) electrons. The molecule has 0 spiro atoms. The Morgan fingerprint density at radius 2 is 1.28 bits per heavy atom. The fourth-order valence-electron chi connectivity index (χ4n) is 4.19. The average Bonchev–Trinajstić information content (AvgIpc) is 2.79. The van der Waals surface area contributed by atoms with E-state index in [9.17, 15) is 0 Å². The van der Waals surface area contributed by atoms with Crippen LogP contribution in [0.25, 0.3) is 21.5 Å². The van der Waals surface area contributed by atoms with Gasteiger partial charge in [0.1, 0.15) is 0 Å². The Labute approximate surface area is 171 Å². The lowest BCUT2D eigenvalue weighted by Crippen LogP contribution is -2.43. The van der Waals surface area contributed by atoms with Crippen molar-refractivity contribution in [3.05, 3.63) is 96.1 Å². The first-order valence-electron chi connectivity index (χ1n) is 10.3. The lowest BCUT2D eigenvalue weighted by molar-refractivity contribution is 0.131. The third kappa shape index (κ3) is 3.87. The van der Waals surface area contributed by atoms with Crippen LogP contribution in [0.15, 0.2) is 90.0 Å². The molecular weight excluding hydrogens is 354 g/mol. The standard InChI is InChI=1S/C26H25N3/c1-3-13-25-21(7-1)9-5-11-23(25)19-27-29-17-15-28(16-18-29)20-24-12-6-10-22-8-2-4-14-26(22)24/h1-14,19H,15-18,20H2/b27-19-. The lowest BCUT2D eigenvalue weighted by Gasteiger charge is -2.33. The first kappa shape index (κ1) is 17.9. The van der Waals surface area contributed by atoms with Crippen molar-refractivity contribution >= 4 is 27.8 Å². The summed E-state index contributed by atoms with van der Waals surface area (Å²) in [5.74, 6) is 0. The van der Waals surface area contributed by atoms with Gasteiger partial charge in [-0.05, 0) is 27.1 Å². The first-order chi connectivity index (χ1) is 14.4. The van der Waals surface area contributed by atoms with Crippen LogP contribution >= 0.6 is 0 Å². The zero-order valence-electron chi connectivity index (χ0n) is 16.5. The second-order valence-electron chi connectivity index (χ2n) is 7.68. The number of hydrazone groups is 1. The summed E-state index contributed by atoms with van der Waals surface area (Å²) in [7, 11) is 0. The minimum atomic E-state index is 0.964. The maximum Gasteiger partial charge on any atom is 0.0549 e. The fourth-order valence-corrected chi connectivity index (χ4v) is 4.19. The summed E-state index contributed by atoms with van der Waals surface area (Å²) in [6.07, 6.45) is 2.02. The smallest absolute Gasteiger partial charge is 0.0549 e. The van der Waals surface area contributed by atoms with Gasteiger partial charge in [-0.2, -0.15) is 5.10 Å². The molecule has 5 rings (SSSR count). The van der Waals surface area contributed by atoms with E-state index in [1.807, 2.05) is 6.21 Å². The van der Waals surface area contributed by atoms with E-state index >= 15 is 0 Å². The largest absolute Gasteiger partial charge is 0.295 e. The van der Waals surface area contributed by atoms with Gasteiger partial charge in [-0.1, -0.05) is 84.9 Å². The van der Waals surface area contributed by atoms with Crippen LogP contribution < -0.4 is 0 Å². The van der Waals surface area contributed by atoms with Crippen LogP contribution in [0.1, 0.15) is 11.1 Å². The molecule has 0 amide bonds. The van der Waals surface area contributed by atoms with Crippen molar-refractivity contribution in [1.29, 1.82) is 0 Å². The Kier molecular flexibility index (Phi) is 4.97. The zero-order chi connectivity index (χ0) is 19.5. The average molecular weight is 380 g/mol. The SMILES string of the molecule is C(=N/N1CCN(Cc2cccc3ccccc23)CC1)/c1cccc2ccccc12. The number of hydrogen-bond donors (Lipinski definition) is 0. The molecule has 1 fully saturated rings. The number of fused-ring (bicyclic) bond motifs is 2. The lowest BCUT2D eigenvalue weighted by atomic mass is 10.0. The van der Waals surface area contributed by atoms with Crippen molar-refractivity contribution in [2.45, 2.75) is 6.54 Å². The third-order valence-corrected chi connectivity index (χ3v) is 5.81. The quantitative estimate of drug-likeness (QED) is 0.457. The van der Waals surface area contributed by atoms with Crippen molar-refractivity contribution < 1.29 is 0 Å². The molecule has 4 aromatic rings. The minimum Gasteiger partial charge on any atom is -0.295 e. The summed E-state index contributed by atoms with van der Waals surface area (Å²) in [5.41, 5.74) is 2.59. The van der Waals surface area contributed by atoms with Crippen LogP contribution in [0.2, 0.25) is 0 Å². The molecule has 0 atom stereocenters. The molecule has 0 unspecified atom stereocenters. The molecule has 0 N–H and O–H groups in total. The molecule has 1 heterocycles. The molecule has 1 aliphatic heterocycles. The minimum absolute atomic E-state index is 0.964. The van der Waals surface area contributed by atoms with E-state index in [0.29, 0.717) is 0 Å². The first-order valence-corrected chi connectivity index (χ1v) is 10.3. The predicted molar refractivity (Wildman–Crippen MR) is 122 cm³/mol. The molecule has 0 aromatic heterocycles. The van der Waals surface area contributed by atoms with Crippen molar-refractivity contribution in [3.8, 4) is 0 Å². The predicted octanol–water partition coefficient (Wildman–Crippen LogP) is 5.14. The molecule has 0 saturated carbocycles. The van der Waals surface area contributed by atoms with Crippen LogP contribution in [0.3, 0.4) is 0 Å². The van der Waals surface area contributed by atoms with Gasteiger partial charge in [0, 0.05) is 38.3 Å². The Bertz CT molecular complexity index is 1150. The van der Waals surface area contributed by atoms with Crippen LogP contribution in [0, 0.1) is 0 Å². The molecule has 29 heavy (non-hydrogen) atoms. The molecule has 3 heteroatoms. The molecule has 1 saturated heterocycles. The Balaban J connectivity index is 1.24. The molecule has 144 valence electrons. The van der Waals surface area contributed by atoms with Gasteiger partial charge in [0.2, 0.25) is 0 Å². The van der Waals surface area contributed by atoms with E-state index in [1.54, 1.807) is 0 Å². The van der Waals surface area contributed by atoms with Crippen molar-refractivity contribution in [2.24, 2.45) is 5.10 Å². The fraction of sp³-hybridized carbons (Fsp3) is 0.192. The van der Waals surface area contributed by atoms with E-state index in [1.165, 1.54) is 32.7 Å². The summed E-state index contributed by atoms with van der Waals surface area (Å²) >= 11 is 0. The molecule has 4 aromatic carbocycles. The highest BCUT2D eigenvalue weighted by molar-refractivity contribution is 5.99. The number of nitrogens with zero attached hydrogens (tertiary/aromatic N) is 3. The Morgan fingerprint density at radius 1 is 0.655 bits per heavy atom. The van der Waals surface area contributed by atoms with Gasteiger partial charge in [0.15, 0.2) is 0 Å². The highest BCUT2D eigenvalue weighted by Gasteiger charge is 2.16. The summed E-state index contributed by atoms with van der Waals surface area (Å²) in [6.45, 7) is 5.01. The van der Waals surface area contributed by atoms with E-state index < -0.39 is 0 Å². The van der Waals surface area contributed by atoms with Crippen LogP contribution in [-0.4, -0.2) is 42.3 Å². The van der Waals surface area contributed by atoms with Crippen LogP contribution in [0.4, 0.5) is 0 Å². The maximum absolute atomic E-state index is 4.78. The number of hydrogen-bond acceptors (Lipinski definition) is 3. The molecule has 1 aliphatic rings. The Hall–Kier alpha value is -3.17. The normalized spacial score (nSPS) is 15.5. The van der Waals surface area contributed by atoms with Crippen molar-refractivity contribution in [2.75, 3.05) is 26.2 Å². The number of rotatable bonds is 4. The van der Waals surface area contributed by atoms with E-state index in [-0.39, 0.29) is 0 Å². The second-order valence-corrected chi connectivity index (χ2v) is 7.68. The van der Waals surface area contributed by atoms with Gasteiger partial charge < -0.3 is 0 Å². The molecular formula is C26H25N3. The summed E-state index contributed by atoms with van der Waals surface area (Å²) < 4.78 is 0. The summed E-state index contributed by atoms with van der Waals surface area (Å²) in [6, 6.07) is 30.2. The van der Waals surface area contributed by atoms with Gasteiger partial charge in [0.25, 0.3) is 0 Å². The third-order valence-electron chi connectivity index (χ3n) is 5.81. The molecule has 0 bridgehead atoms. The van der Waals surface area contributed by atoms with E-state index in [0.717, 1.165) is 32.7 Å². The number of piperazine rings is 1. The van der Waals surface area contributed by atoms with Gasteiger partial charge in [-0.3, -0.25) is 9.91 Å². The summed E-state index contributed by atoms with van der Waals surface area (Å²) in [4.78, 5) is 2.53. The highest BCUT2D eigenvalue weighted by Crippen LogP contribution is 2.21. The molecule has 3 nitrogen and oxygen atoms in total. The van der Waals surface area contributed by atoms with Gasteiger partial charge in [0.05, 0.1) is 6.21 Å². The monoisotopic (exact) mass is 379 g/mol. The Morgan fingerprint density at radius 3 is 2.07 bits per heavy atom. The van der Waals surface area contributed by atoms with E-state index in [4.69, 9.17) is 5.10 Å². The van der Waals surface area contributed by atoms with E-state index in [2.05, 4.69) is 94.8 Å². The zero-order valence-corrected chi connectivity index (χ0v) is 16.5. The molecule has 0 aliphatic carbocycles. The number of benzene rings is 4. The highest BCUT2D eigenvalue weighted by atomic mass is 15.5. The van der Waals surface area contributed by atoms with Gasteiger partial charge in [-0.25, -0.2) is 0 Å². The topological polar surface area (TPSA) is 18.8 Å². The second kappa shape index (κ2) is 8.06. The van der Waals surface area contributed by atoms with Gasteiger partial charge >= 0.3 is 0 Å². The van der Waals surface area contributed by atoms with Crippen LogP contribution in [0.5, 0.6) is 0 Å². The van der Waals surface area contributed by atoms with Crippen molar-refractivity contribution in [3.63, 3.8) is 0 Å². The summed E-state index contributed by atoms with van der Waals surface area (Å²) in [5, 5.41) is 12.2. The van der Waals surface area contributed by atoms with Crippen LogP contribution in [-0.2, 0) is 6.54 Å². The van der Waals surface area contributed by atoms with Crippen molar-refractivity contribution in [1.82, 2.24) is 9.91 Å². The van der Waals surface area contributed by atoms with Gasteiger partial charge in [-0.15, -0.1) is 0 Å².